The van der Waals surface area contributed by atoms with Crippen LogP contribution in [-0.4, -0.2) is 15.0 Å². The predicted molar refractivity (Wildman–Crippen MR) is 104 cm³/mol. The third-order valence-corrected chi connectivity index (χ3v) is 4.36. The molecule has 0 bridgehead atoms. The van der Waals surface area contributed by atoms with Crippen molar-refractivity contribution in [2.75, 3.05) is 0 Å². The number of hydrogen-bond acceptors (Lipinski definition) is 3. The average molecular weight is 406 g/mol. The van der Waals surface area contributed by atoms with Gasteiger partial charge in [-0.2, -0.15) is 0 Å². The molecule has 4 rings (SSSR count). The van der Waals surface area contributed by atoms with Gasteiger partial charge in [-0.3, -0.25) is 0 Å². The monoisotopic (exact) mass is 405 g/mol. The van der Waals surface area contributed by atoms with Crippen LogP contribution < -0.4 is 0 Å². The predicted octanol–water partition coefficient (Wildman–Crippen LogP) is 5.77. The molecule has 0 atom stereocenters. The lowest BCUT2D eigenvalue weighted by Crippen LogP contribution is -2.01. The molecule has 5 heteroatoms. The van der Waals surface area contributed by atoms with E-state index in [1.807, 2.05) is 60.7 Å². The van der Waals surface area contributed by atoms with Crippen LogP contribution in [0.3, 0.4) is 0 Å². The standard InChI is InChI=1S/C21H13BrFN3/c22-16-11-12-18(23)17(13-16)21-25-19(14-7-3-1-4-8-14)24-20(26-21)15-9-5-2-6-10-15/h1-13H. The van der Waals surface area contributed by atoms with Gasteiger partial charge >= 0.3 is 0 Å². The lowest BCUT2D eigenvalue weighted by molar-refractivity contribution is 0.629. The van der Waals surface area contributed by atoms with Crippen molar-refractivity contribution in [2.45, 2.75) is 0 Å². The Morgan fingerprint density at radius 2 is 1.12 bits per heavy atom. The molecule has 0 saturated heterocycles. The Bertz CT molecular complexity index is 996. The van der Waals surface area contributed by atoms with Crippen LogP contribution >= 0.6 is 15.9 Å². The van der Waals surface area contributed by atoms with E-state index < -0.39 is 0 Å². The van der Waals surface area contributed by atoms with E-state index in [1.54, 1.807) is 12.1 Å². The Morgan fingerprint density at radius 1 is 0.615 bits per heavy atom. The van der Waals surface area contributed by atoms with Crippen molar-refractivity contribution in [1.82, 2.24) is 15.0 Å². The third-order valence-electron chi connectivity index (χ3n) is 3.87. The normalized spacial score (nSPS) is 10.7. The summed E-state index contributed by atoms with van der Waals surface area (Å²) in [7, 11) is 0. The SMILES string of the molecule is Fc1ccc(Br)cc1-c1nc(-c2ccccc2)nc(-c2ccccc2)n1. The van der Waals surface area contributed by atoms with Crippen molar-refractivity contribution in [1.29, 1.82) is 0 Å². The van der Waals surface area contributed by atoms with E-state index in [-0.39, 0.29) is 5.82 Å². The fourth-order valence-electron chi connectivity index (χ4n) is 2.60. The van der Waals surface area contributed by atoms with E-state index in [0.717, 1.165) is 15.6 Å². The summed E-state index contributed by atoms with van der Waals surface area (Å²) in [5, 5.41) is 0. The summed E-state index contributed by atoms with van der Waals surface area (Å²) in [6.07, 6.45) is 0. The van der Waals surface area contributed by atoms with Gasteiger partial charge in [-0.15, -0.1) is 0 Å². The molecule has 0 saturated carbocycles. The van der Waals surface area contributed by atoms with Gasteiger partial charge in [-0.05, 0) is 18.2 Å². The van der Waals surface area contributed by atoms with E-state index in [4.69, 9.17) is 0 Å². The molecule has 0 N–H and O–H groups in total. The van der Waals surface area contributed by atoms with Gasteiger partial charge in [-0.25, -0.2) is 19.3 Å². The van der Waals surface area contributed by atoms with Gasteiger partial charge in [0.1, 0.15) is 5.82 Å². The van der Waals surface area contributed by atoms with Gasteiger partial charge in [0, 0.05) is 15.6 Å². The molecule has 0 amide bonds. The van der Waals surface area contributed by atoms with Gasteiger partial charge in [0.25, 0.3) is 0 Å². The quantitative estimate of drug-likeness (QED) is 0.433. The van der Waals surface area contributed by atoms with Crippen molar-refractivity contribution >= 4 is 15.9 Å². The maximum atomic E-state index is 14.4. The average Bonchev–Trinajstić information content (AvgIpc) is 2.71. The van der Waals surface area contributed by atoms with Gasteiger partial charge in [0.15, 0.2) is 17.5 Å². The minimum absolute atomic E-state index is 0.302. The van der Waals surface area contributed by atoms with Crippen molar-refractivity contribution < 1.29 is 4.39 Å². The first kappa shape index (κ1) is 16.5. The van der Waals surface area contributed by atoms with Gasteiger partial charge in [-0.1, -0.05) is 76.6 Å². The molecule has 3 aromatic carbocycles. The molecular weight excluding hydrogens is 393 g/mol. The molecule has 0 unspecified atom stereocenters. The number of rotatable bonds is 3. The molecule has 3 nitrogen and oxygen atoms in total. The third kappa shape index (κ3) is 3.39. The van der Waals surface area contributed by atoms with Crippen LogP contribution in [0.1, 0.15) is 0 Å². The highest BCUT2D eigenvalue weighted by atomic mass is 79.9. The number of hydrogen-bond donors (Lipinski definition) is 0. The maximum absolute atomic E-state index is 14.4. The lowest BCUT2D eigenvalue weighted by Gasteiger charge is -2.09. The number of benzene rings is 3. The highest BCUT2D eigenvalue weighted by molar-refractivity contribution is 9.10. The molecule has 0 aliphatic carbocycles. The lowest BCUT2D eigenvalue weighted by atomic mass is 10.1. The number of nitrogens with zero attached hydrogens (tertiary/aromatic N) is 3. The second-order valence-corrected chi connectivity index (χ2v) is 6.58. The minimum atomic E-state index is -0.377. The Balaban J connectivity index is 1.95. The Morgan fingerprint density at radius 3 is 1.65 bits per heavy atom. The summed E-state index contributed by atoms with van der Waals surface area (Å²) < 4.78 is 15.2. The van der Waals surface area contributed by atoms with Crippen LogP contribution in [0.5, 0.6) is 0 Å². The van der Waals surface area contributed by atoms with E-state index in [1.165, 1.54) is 6.07 Å². The molecule has 4 aromatic rings. The summed E-state index contributed by atoms with van der Waals surface area (Å²) in [6, 6.07) is 23.9. The highest BCUT2D eigenvalue weighted by Crippen LogP contribution is 2.27. The maximum Gasteiger partial charge on any atom is 0.167 e. The second-order valence-electron chi connectivity index (χ2n) is 5.66. The first-order valence-electron chi connectivity index (χ1n) is 8.03. The van der Waals surface area contributed by atoms with Gasteiger partial charge in [0.2, 0.25) is 0 Å². The second kappa shape index (κ2) is 7.14. The Labute approximate surface area is 158 Å². The molecule has 26 heavy (non-hydrogen) atoms. The van der Waals surface area contributed by atoms with Crippen LogP contribution in [-0.2, 0) is 0 Å². The molecule has 0 aliphatic rings. The summed E-state index contributed by atoms with van der Waals surface area (Å²) in [5.41, 5.74) is 2.03. The van der Waals surface area contributed by atoms with E-state index in [9.17, 15) is 4.39 Å². The van der Waals surface area contributed by atoms with Gasteiger partial charge in [0.05, 0.1) is 5.56 Å². The Hall–Kier alpha value is -2.92. The molecule has 1 heterocycles. The number of halogens is 2. The van der Waals surface area contributed by atoms with Crippen LogP contribution in [0.25, 0.3) is 34.2 Å². The highest BCUT2D eigenvalue weighted by Gasteiger charge is 2.14. The van der Waals surface area contributed by atoms with Crippen LogP contribution in [0.4, 0.5) is 4.39 Å². The smallest absolute Gasteiger partial charge is 0.167 e. The summed E-state index contributed by atoms with van der Waals surface area (Å²) in [5.74, 6) is 0.941. The molecule has 0 fully saturated rings. The largest absolute Gasteiger partial charge is 0.208 e. The summed E-state index contributed by atoms with van der Waals surface area (Å²) >= 11 is 3.38. The molecule has 0 spiro atoms. The summed E-state index contributed by atoms with van der Waals surface area (Å²) in [6.45, 7) is 0. The molecule has 0 aliphatic heterocycles. The zero-order chi connectivity index (χ0) is 17.9. The Kier molecular flexibility index (Phi) is 4.54. The van der Waals surface area contributed by atoms with Crippen LogP contribution in [0.15, 0.2) is 83.3 Å². The van der Waals surface area contributed by atoms with Crippen LogP contribution in [0, 0.1) is 5.82 Å². The fourth-order valence-corrected chi connectivity index (χ4v) is 2.96. The molecule has 126 valence electrons. The van der Waals surface area contributed by atoms with Crippen molar-refractivity contribution in [3.63, 3.8) is 0 Å². The molecule has 1 aromatic heterocycles. The first-order valence-corrected chi connectivity index (χ1v) is 8.82. The first-order chi connectivity index (χ1) is 12.7. The van der Waals surface area contributed by atoms with Crippen LogP contribution in [0.2, 0.25) is 0 Å². The van der Waals surface area contributed by atoms with E-state index >= 15 is 0 Å². The van der Waals surface area contributed by atoms with Gasteiger partial charge < -0.3 is 0 Å². The topological polar surface area (TPSA) is 38.7 Å². The van der Waals surface area contributed by atoms with E-state index in [2.05, 4.69) is 30.9 Å². The zero-order valence-corrected chi connectivity index (χ0v) is 15.2. The molecular formula is C21H13BrFN3. The molecule has 0 radical (unpaired) electrons. The van der Waals surface area contributed by atoms with Crippen molar-refractivity contribution in [2.24, 2.45) is 0 Å². The summed E-state index contributed by atoms with van der Waals surface area (Å²) in [4.78, 5) is 13.6. The number of aromatic nitrogens is 3. The fraction of sp³-hybridized carbons (Fsp3) is 0. The minimum Gasteiger partial charge on any atom is -0.208 e. The zero-order valence-electron chi connectivity index (χ0n) is 13.6. The van der Waals surface area contributed by atoms with Crippen molar-refractivity contribution in [3.05, 3.63) is 89.2 Å². The van der Waals surface area contributed by atoms with E-state index in [0.29, 0.717) is 23.0 Å². The van der Waals surface area contributed by atoms with Crippen molar-refractivity contribution in [3.8, 4) is 34.2 Å².